The van der Waals surface area contributed by atoms with Crippen molar-refractivity contribution in [2.24, 2.45) is 0 Å². The van der Waals surface area contributed by atoms with Crippen molar-refractivity contribution in [2.75, 3.05) is 0 Å². The topological polar surface area (TPSA) is 121 Å². The first-order valence-corrected chi connectivity index (χ1v) is 10.8. The lowest BCUT2D eigenvalue weighted by molar-refractivity contribution is -0.159. The number of carboxylic acid groups (broad SMARTS) is 1. The van der Waals surface area contributed by atoms with Crippen LogP contribution in [0.3, 0.4) is 0 Å². The first-order chi connectivity index (χ1) is 12.5. The van der Waals surface area contributed by atoms with Gasteiger partial charge in [-0.15, -0.1) is 0 Å². The van der Waals surface area contributed by atoms with Crippen molar-refractivity contribution in [3.05, 3.63) is 42.0 Å². The number of carbonyl (C=O) groups is 3. The fraction of sp³-hybridized carbons (Fsp3) is 0.353. The van der Waals surface area contributed by atoms with Crippen molar-refractivity contribution in [3.8, 4) is 0 Å². The smallest absolute Gasteiger partial charge is 0.330 e. The SMILES string of the molecule is C=C(C)C(C(=O)O)N1C(=O)C(NC(C)=O)C1SS(=O)(=O)c1ccc(C)cc1. The van der Waals surface area contributed by atoms with Crippen LogP contribution in [0.4, 0.5) is 0 Å². The number of likely N-dealkylation sites (tertiary alicyclic amines) is 1. The number of carboxylic acids is 1. The highest BCUT2D eigenvalue weighted by atomic mass is 33.1. The van der Waals surface area contributed by atoms with Gasteiger partial charge in [0.05, 0.1) is 4.90 Å². The van der Waals surface area contributed by atoms with E-state index in [0.717, 1.165) is 10.5 Å². The van der Waals surface area contributed by atoms with Gasteiger partial charge in [0.15, 0.2) is 6.04 Å². The van der Waals surface area contributed by atoms with Crippen molar-refractivity contribution < 1.29 is 27.9 Å². The zero-order valence-corrected chi connectivity index (χ0v) is 16.6. The molecule has 0 bridgehead atoms. The first kappa shape index (κ1) is 21.0. The Morgan fingerprint density at radius 1 is 1.26 bits per heavy atom. The monoisotopic (exact) mass is 412 g/mol. The quantitative estimate of drug-likeness (QED) is 0.391. The molecule has 146 valence electrons. The molecule has 0 aliphatic carbocycles. The summed E-state index contributed by atoms with van der Waals surface area (Å²) < 4.78 is 25.5. The summed E-state index contributed by atoms with van der Waals surface area (Å²) in [6.07, 6.45) is 0. The second-order valence-corrected chi connectivity index (χ2v) is 10.2. The molecule has 3 atom stereocenters. The van der Waals surface area contributed by atoms with E-state index in [1.54, 1.807) is 12.1 Å². The van der Waals surface area contributed by atoms with Gasteiger partial charge < -0.3 is 15.3 Å². The lowest BCUT2D eigenvalue weighted by Crippen LogP contribution is -2.73. The van der Waals surface area contributed by atoms with Crippen LogP contribution in [0.1, 0.15) is 19.4 Å². The molecule has 2 rings (SSSR count). The molecule has 8 nitrogen and oxygen atoms in total. The maximum absolute atomic E-state index is 12.7. The number of aryl methyl sites for hydroxylation is 1. The van der Waals surface area contributed by atoms with E-state index < -0.39 is 44.1 Å². The summed E-state index contributed by atoms with van der Waals surface area (Å²) in [5.74, 6) is -2.51. The van der Waals surface area contributed by atoms with Crippen LogP contribution < -0.4 is 5.32 Å². The van der Waals surface area contributed by atoms with Crippen LogP contribution in [0.15, 0.2) is 41.3 Å². The van der Waals surface area contributed by atoms with Gasteiger partial charge in [-0.1, -0.05) is 24.3 Å². The fourth-order valence-corrected chi connectivity index (χ4v) is 6.18. The zero-order chi connectivity index (χ0) is 20.5. The predicted octanol–water partition coefficient (Wildman–Crippen LogP) is 1.12. The van der Waals surface area contributed by atoms with E-state index in [1.807, 2.05) is 6.92 Å². The molecule has 0 spiro atoms. The molecular weight excluding hydrogens is 392 g/mol. The Hall–Kier alpha value is -2.33. The molecule has 2 amide bonds. The lowest BCUT2D eigenvalue weighted by Gasteiger charge is -2.48. The summed E-state index contributed by atoms with van der Waals surface area (Å²) in [4.78, 5) is 36.3. The summed E-state index contributed by atoms with van der Waals surface area (Å²) in [5, 5.41) is 10.7. The molecule has 1 fully saturated rings. The van der Waals surface area contributed by atoms with Crippen LogP contribution in [0, 0.1) is 6.92 Å². The molecule has 1 heterocycles. The number of aliphatic carboxylic acids is 1. The van der Waals surface area contributed by atoms with Crippen LogP contribution in [0.25, 0.3) is 0 Å². The molecule has 3 unspecified atom stereocenters. The molecular formula is C17H20N2O6S2. The minimum atomic E-state index is -3.90. The number of carbonyl (C=O) groups excluding carboxylic acids is 2. The van der Waals surface area contributed by atoms with E-state index in [1.165, 1.54) is 26.0 Å². The van der Waals surface area contributed by atoms with Gasteiger partial charge in [-0.25, -0.2) is 13.2 Å². The van der Waals surface area contributed by atoms with Crippen molar-refractivity contribution in [2.45, 2.75) is 43.1 Å². The van der Waals surface area contributed by atoms with Gasteiger partial charge in [-0.2, -0.15) is 0 Å². The van der Waals surface area contributed by atoms with Crippen LogP contribution in [0.5, 0.6) is 0 Å². The molecule has 0 saturated carbocycles. The average molecular weight is 412 g/mol. The van der Waals surface area contributed by atoms with Gasteiger partial charge >= 0.3 is 5.97 Å². The second kappa shape index (κ2) is 7.73. The number of benzene rings is 1. The Balaban J connectivity index is 2.38. The highest BCUT2D eigenvalue weighted by Crippen LogP contribution is 2.39. The Morgan fingerprint density at radius 2 is 1.81 bits per heavy atom. The Morgan fingerprint density at radius 3 is 2.26 bits per heavy atom. The van der Waals surface area contributed by atoms with E-state index in [4.69, 9.17) is 0 Å². The number of hydrogen-bond donors (Lipinski definition) is 2. The highest BCUT2D eigenvalue weighted by Gasteiger charge is 2.55. The molecule has 1 aromatic rings. The van der Waals surface area contributed by atoms with Gasteiger partial charge in [0, 0.05) is 17.7 Å². The maximum Gasteiger partial charge on any atom is 0.330 e. The molecule has 1 aliphatic heterocycles. The van der Waals surface area contributed by atoms with Gasteiger partial charge in [0.2, 0.25) is 20.7 Å². The number of β-lactam (4-membered cyclic amide) rings is 1. The van der Waals surface area contributed by atoms with E-state index in [9.17, 15) is 27.9 Å². The molecule has 0 aromatic heterocycles. The van der Waals surface area contributed by atoms with E-state index in [0.29, 0.717) is 10.8 Å². The molecule has 2 N–H and O–H groups in total. The van der Waals surface area contributed by atoms with Crippen LogP contribution in [0.2, 0.25) is 0 Å². The van der Waals surface area contributed by atoms with Crippen LogP contribution >= 0.6 is 10.8 Å². The van der Waals surface area contributed by atoms with Crippen LogP contribution in [-0.4, -0.2) is 53.7 Å². The van der Waals surface area contributed by atoms with Gasteiger partial charge in [-0.3, -0.25) is 9.59 Å². The maximum atomic E-state index is 12.7. The molecule has 10 heteroatoms. The Bertz CT molecular complexity index is 881. The minimum absolute atomic E-state index is 0.0289. The summed E-state index contributed by atoms with van der Waals surface area (Å²) >= 11 is 0. The summed E-state index contributed by atoms with van der Waals surface area (Å²) in [7, 11) is -3.47. The minimum Gasteiger partial charge on any atom is -0.479 e. The lowest BCUT2D eigenvalue weighted by atomic mass is 9.99. The van der Waals surface area contributed by atoms with Crippen LogP contribution in [-0.2, 0) is 23.3 Å². The predicted molar refractivity (Wildman–Crippen MR) is 100 cm³/mol. The Kier molecular flexibility index (Phi) is 6.01. The van der Waals surface area contributed by atoms with Crippen molar-refractivity contribution in [1.29, 1.82) is 0 Å². The number of nitrogens with one attached hydrogen (secondary N) is 1. The number of rotatable bonds is 7. The summed E-state index contributed by atoms with van der Waals surface area (Å²) in [5.41, 5.74) is 1.05. The standard InChI is InChI=1S/C17H20N2O6S2/c1-9(2)14(17(22)23)19-15(21)13(18-11(4)20)16(19)26-27(24,25)12-7-5-10(3)6-8-12/h5-8,13-14,16H,1H2,2-4H3,(H,18,20)(H,22,23). The third-order valence-electron chi connectivity index (χ3n) is 3.95. The number of hydrogen-bond acceptors (Lipinski definition) is 6. The molecule has 27 heavy (non-hydrogen) atoms. The third kappa shape index (κ3) is 4.33. The van der Waals surface area contributed by atoms with E-state index in [2.05, 4.69) is 11.9 Å². The van der Waals surface area contributed by atoms with Gasteiger partial charge in [-0.05, 0) is 31.6 Å². The van der Waals surface area contributed by atoms with Gasteiger partial charge in [0.25, 0.3) is 0 Å². The van der Waals surface area contributed by atoms with Crippen molar-refractivity contribution in [3.63, 3.8) is 0 Å². The van der Waals surface area contributed by atoms with E-state index in [-0.39, 0.29) is 10.5 Å². The average Bonchev–Trinajstić information content (AvgIpc) is 2.55. The van der Waals surface area contributed by atoms with E-state index >= 15 is 0 Å². The highest BCUT2D eigenvalue weighted by molar-refractivity contribution is 8.72. The van der Waals surface area contributed by atoms with Gasteiger partial charge in [0.1, 0.15) is 11.4 Å². The molecule has 1 aliphatic rings. The second-order valence-electron chi connectivity index (χ2n) is 6.26. The summed E-state index contributed by atoms with van der Waals surface area (Å²) in [6, 6.07) is 3.63. The zero-order valence-electron chi connectivity index (χ0n) is 15.0. The molecule has 1 saturated heterocycles. The normalized spacial score (nSPS) is 20.6. The first-order valence-electron chi connectivity index (χ1n) is 7.93. The van der Waals surface area contributed by atoms with Crippen molar-refractivity contribution in [1.82, 2.24) is 10.2 Å². The largest absolute Gasteiger partial charge is 0.479 e. The summed E-state index contributed by atoms with van der Waals surface area (Å²) in [6.45, 7) is 8.02. The molecule has 1 aromatic carbocycles. The fourth-order valence-electron chi connectivity index (χ4n) is 2.67. The molecule has 0 radical (unpaired) electrons. The number of amides is 2. The Labute approximate surface area is 160 Å². The van der Waals surface area contributed by atoms with Crippen molar-refractivity contribution >= 4 is 37.4 Å². The third-order valence-corrected chi connectivity index (χ3v) is 7.68. The number of nitrogens with zero attached hydrogens (tertiary/aromatic N) is 1.